The Kier molecular flexibility index (Phi) is 5.65. The molecule has 1 aromatic rings. The zero-order chi connectivity index (χ0) is 16.1. The summed E-state index contributed by atoms with van der Waals surface area (Å²) in [6, 6.07) is 7.13. The lowest BCUT2D eigenvalue weighted by atomic mass is 9.96. The van der Waals surface area contributed by atoms with Crippen LogP contribution in [0.5, 0.6) is 0 Å². The Morgan fingerprint density at radius 3 is 2.74 bits per heavy atom. The highest BCUT2D eigenvalue weighted by atomic mass is 19.1. The summed E-state index contributed by atoms with van der Waals surface area (Å²) in [4.78, 5) is 15.1. The lowest BCUT2D eigenvalue weighted by Gasteiger charge is -2.34. The van der Waals surface area contributed by atoms with Crippen molar-refractivity contribution in [2.24, 2.45) is 5.92 Å². The van der Waals surface area contributed by atoms with Crippen LogP contribution in [0.4, 0.5) is 4.39 Å². The first-order chi connectivity index (χ1) is 11.2. The first-order valence-electron chi connectivity index (χ1n) is 8.99. The first-order valence-corrected chi connectivity index (χ1v) is 8.99. The fourth-order valence-electron chi connectivity index (χ4n) is 3.93. The molecule has 1 unspecified atom stereocenters. The molecule has 1 aromatic carbocycles. The predicted octanol–water partition coefficient (Wildman–Crippen LogP) is 3.14. The van der Waals surface area contributed by atoms with Crippen LogP contribution in [0.2, 0.25) is 0 Å². The number of hydrogen-bond donors (Lipinski definition) is 1. The second-order valence-corrected chi connectivity index (χ2v) is 6.89. The molecular weight excluding hydrogens is 291 g/mol. The third-order valence-electron chi connectivity index (χ3n) is 5.23. The third-order valence-corrected chi connectivity index (χ3v) is 5.23. The van der Waals surface area contributed by atoms with Crippen LogP contribution in [0.25, 0.3) is 0 Å². The lowest BCUT2D eigenvalue weighted by molar-refractivity contribution is -0.138. The topological polar surface area (TPSA) is 32.3 Å². The van der Waals surface area contributed by atoms with Gasteiger partial charge in [0.1, 0.15) is 5.82 Å². The summed E-state index contributed by atoms with van der Waals surface area (Å²) < 4.78 is 13.4. The first kappa shape index (κ1) is 16.4. The molecule has 1 aliphatic heterocycles. The molecule has 1 N–H and O–H groups in total. The number of benzene rings is 1. The average molecular weight is 318 g/mol. The zero-order valence-electron chi connectivity index (χ0n) is 13.8. The number of amides is 1. The van der Waals surface area contributed by atoms with Crippen molar-refractivity contribution in [1.29, 1.82) is 0 Å². The summed E-state index contributed by atoms with van der Waals surface area (Å²) in [6.07, 6.45) is 7.49. The minimum atomic E-state index is -0.197. The Hall–Kier alpha value is -1.42. The third kappa shape index (κ3) is 4.31. The lowest BCUT2D eigenvalue weighted by Crippen LogP contribution is -2.47. The predicted molar refractivity (Wildman–Crippen MR) is 89.7 cm³/mol. The molecule has 3 rings (SSSR count). The Morgan fingerprint density at radius 2 is 2.04 bits per heavy atom. The van der Waals surface area contributed by atoms with Gasteiger partial charge in [-0.15, -0.1) is 0 Å². The summed E-state index contributed by atoms with van der Waals surface area (Å²) in [6.45, 7) is 2.54. The summed E-state index contributed by atoms with van der Waals surface area (Å²) >= 11 is 0. The van der Waals surface area contributed by atoms with Gasteiger partial charge in [-0.3, -0.25) is 4.79 Å². The Labute approximate surface area is 138 Å². The van der Waals surface area contributed by atoms with Crippen LogP contribution in [0, 0.1) is 11.7 Å². The molecule has 2 aliphatic rings. The molecule has 1 heterocycles. The second kappa shape index (κ2) is 7.91. The zero-order valence-corrected chi connectivity index (χ0v) is 13.8. The van der Waals surface area contributed by atoms with E-state index < -0.39 is 0 Å². The van der Waals surface area contributed by atoms with Crippen LogP contribution in [0.3, 0.4) is 0 Å². The molecule has 1 amide bonds. The molecule has 2 fully saturated rings. The minimum Gasteiger partial charge on any atom is -0.339 e. The van der Waals surface area contributed by atoms with Crippen LogP contribution in [0.1, 0.15) is 44.1 Å². The number of piperidine rings is 1. The van der Waals surface area contributed by atoms with E-state index in [1.54, 1.807) is 12.1 Å². The quantitative estimate of drug-likeness (QED) is 0.904. The Morgan fingerprint density at radius 1 is 1.22 bits per heavy atom. The van der Waals surface area contributed by atoms with Crippen molar-refractivity contribution in [3.05, 3.63) is 35.6 Å². The maximum absolute atomic E-state index is 13.4. The van der Waals surface area contributed by atoms with Gasteiger partial charge in [-0.25, -0.2) is 4.39 Å². The molecule has 126 valence electrons. The standard InChI is InChI=1S/C19H27FN2O/c20-17-7-3-5-15(13-17)10-12-22(18-8-1-2-9-18)19(23)16-6-4-11-21-14-16/h3,5,7,13,16,18,21H,1-2,4,6,8-12,14H2. The number of carbonyl (C=O) groups is 1. The van der Waals surface area contributed by atoms with Crippen LogP contribution in [-0.4, -0.2) is 36.5 Å². The van der Waals surface area contributed by atoms with E-state index in [9.17, 15) is 9.18 Å². The Bertz CT molecular complexity index is 522. The van der Waals surface area contributed by atoms with Crippen molar-refractivity contribution >= 4 is 5.91 Å². The van der Waals surface area contributed by atoms with Crippen LogP contribution in [-0.2, 0) is 11.2 Å². The monoisotopic (exact) mass is 318 g/mol. The number of nitrogens with one attached hydrogen (secondary N) is 1. The van der Waals surface area contributed by atoms with Crippen LogP contribution >= 0.6 is 0 Å². The van der Waals surface area contributed by atoms with Crippen molar-refractivity contribution in [1.82, 2.24) is 10.2 Å². The van der Waals surface area contributed by atoms with Gasteiger partial charge in [-0.05, 0) is 56.3 Å². The van der Waals surface area contributed by atoms with E-state index in [1.165, 1.54) is 18.9 Å². The molecule has 3 nitrogen and oxygen atoms in total. The van der Waals surface area contributed by atoms with Gasteiger partial charge < -0.3 is 10.2 Å². The molecule has 0 bridgehead atoms. The van der Waals surface area contributed by atoms with E-state index in [2.05, 4.69) is 10.2 Å². The Balaban J connectivity index is 1.66. The molecular formula is C19H27FN2O. The smallest absolute Gasteiger partial charge is 0.227 e. The van der Waals surface area contributed by atoms with Crippen molar-refractivity contribution < 1.29 is 9.18 Å². The average Bonchev–Trinajstić information content (AvgIpc) is 3.10. The highest BCUT2D eigenvalue weighted by Gasteiger charge is 2.31. The highest BCUT2D eigenvalue weighted by molar-refractivity contribution is 5.79. The number of nitrogens with zero attached hydrogens (tertiary/aromatic N) is 1. The SMILES string of the molecule is O=C(C1CCCNC1)N(CCc1cccc(F)c1)C1CCCC1. The fourth-order valence-corrected chi connectivity index (χ4v) is 3.93. The van der Waals surface area contributed by atoms with Gasteiger partial charge in [-0.2, -0.15) is 0 Å². The number of rotatable bonds is 5. The van der Waals surface area contributed by atoms with Crippen LogP contribution < -0.4 is 5.32 Å². The summed E-state index contributed by atoms with van der Waals surface area (Å²) in [7, 11) is 0. The maximum Gasteiger partial charge on any atom is 0.227 e. The van der Waals surface area contributed by atoms with E-state index in [4.69, 9.17) is 0 Å². The largest absolute Gasteiger partial charge is 0.339 e. The van der Waals surface area contributed by atoms with E-state index in [0.29, 0.717) is 18.5 Å². The van der Waals surface area contributed by atoms with E-state index in [-0.39, 0.29) is 11.7 Å². The molecule has 0 radical (unpaired) electrons. The minimum absolute atomic E-state index is 0.122. The van der Waals surface area contributed by atoms with Gasteiger partial charge in [0.2, 0.25) is 5.91 Å². The van der Waals surface area contributed by atoms with Gasteiger partial charge >= 0.3 is 0 Å². The van der Waals surface area contributed by atoms with Gasteiger partial charge in [0.15, 0.2) is 0 Å². The van der Waals surface area contributed by atoms with Crippen LogP contribution in [0.15, 0.2) is 24.3 Å². The molecule has 1 atom stereocenters. The maximum atomic E-state index is 13.4. The molecule has 1 saturated carbocycles. The molecule has 23 heavy (non-hydrogen) atoms. The molecule has 0 spiro atoms. The number of carbonyl (C=O) groups excluding carboxylic acids is 1. The molecule has 4 heteroatoms. The van der Waals surface area contributed by atoms with Gasteiger partial charge in [-0.1, -0.05) is 25.0 Å². The van der Waals surface area contributed by atoms with Crippen molar-refractivity contribution in [3.63, 3.8) is 0 Å². The number of halogens is 1. The van der Waals surface area contributed by atoms with E-state index >= 15 is 0 Å². The molecule has 1 saturated heterocycles. The van der Waals surface area contributed by atoms with Gasteiger partial charge in [0.25, 0.3) is 0 Å². The summed E-state index contributed by atoms with van der Waals surface area (Å²) in [5.41, 5.74) is 0.975. The normalized spacial score (nSPS) is 22.2. The van der Waals surface area contributed by atoms with Crippen molar-refractivity contribution in [2.75, 3.05) is 19.6 Å². The van der Waals surface area contributed by atoms with Gasteiger partial charge in [0, 0.05) is 19.1 Å². The second-order valence-electron chi connectivity index (χ2n) is 6.89. The fraction of sp³-hybridized carbons (Fsp3) is 0.632. The van der Waals surface area contributed by atoms with Crippen molar-refractivity contribution in [2.45, 2.75) is 51.0 Å². The van der Waals surface area contributed by atoms with Gasteiger partial charge in [0.05, 0.1) is 5.92 Å². The van der Waals surface area contributed by atoms with E-state index in [1.807, 2.05) is 6.07 Å². The molecule has 1 aliphatic carbocycles. The van der Waals surface area contributed by atoms with E-state index in [0.717, 1.165) is 50.8 Å². The summed E-state index contributed by atoms with van der Waals surface area (Å²) in [5, 5.41) is 3.35. The highest BCUT2D eigenvalue weighted by Crippen LogP contribution is 2.26. The van der Waals surface area contributed by atoms with Crippen molar-refractivity contribution in [3.8, 4) is 0 Å². The summed E-state index contributed by atoms with van der Waals surface area (Å²) in [5.74, 6) is 0.232. The number of hydrogen-bond acceptors (Lipinski definition) is 2. The molecule has 0 aromatic heterocycles.